The Labute approximate surface area is 224 Å². The Hall–Kier alpha value is -4.13. The Morgan fingerprint density at radius 1 is 1.18 bits per heavy atom. The standard InChI is InChI=1S/C28H26ClN5O4/c1-34(2)28(35)18-11-23(36-3)26(32-14-18)24-12-22-27(38-24)25(20(29)15-31-22)16-4-5-21(17(10-16)13-30)33-19-6-8-37-9-7-19/h4-5,10-12,14-15,19,33H,6-9H2,1-3H3. The molecule has 0 saturated carbocycles. The molecule has 5 rings (SSSR count). The van der Waals surface area contributed by atoms with Crippen LogP contribution in [-0.4, -0.2) is 61.2 Å². The van der Waals surface area contributed by atoms with E-state index < -0.39 is 0 Å². The number of rotatable bonds is 6. The number of benzene rings is 1. The van der Waals surface area contributed by atoms with Gasteiger partial charge in [-0.2, -0.15) is 5.26 Å². The maximum Gasteiger partial charge on any atom is 0.255 e. The van der Waals surface area contributed by atoms with Gasteiger partial charge in [0.2, 0.25) is 0 Å². The second-order valence-electron chi connectivity index (χ2n) is 9.18. The molecule has 1 aromatic carbocycles. The fraction of sp³-hybridized carbons (Fsp3) is 0.286. The Morgan fingerprint density at radius 3 is 2.68 bits per heavy atom. The van der Waals surface area contributed by atoms with Gasteiger partial charge in [0.1, 0.15) is 23.0 Å². The molecule has 1 fully saturated rings. The number of furan rings is 1. The van der Waals surface area contributed by atoms with Crippen molar-refractivity contribution in [2.75, 3.05) is 39.7 Å². The summed E-state index contributed by atoms with van der Waals surface area (Å²) in [4.78, 5) is 22.7. The Balaban J connectivity index is 1.55. The Bertz CT molecular complexity index is 1550. The summed E-state index contributed by atoms with van der Waals surface area (Å²) < 4.78 is 17.2. The first-order valence-electron chi connectivity index (χ1n) is 12.1. The Kier molecular flexibility index (Phi) is 7.18. The highest BCUT2D eigenvalue weighted by atomic mass is 35.5. The van der Waals surface area contributed by atoms with Gasteiger partial charge in [-0.3, -0.25) is 9.78 Å². The molecular weight excluding hydrogens is 506 g/mol. The van der Waals surface area contributed by atoms with Crippen LogP contribution in [0.1, 0.15) is 28.8 Å². The number of amides is 1. The van der Waals surface area contributed by atoms with Crippen LogP contribution in [0.2, 0.25) is 5.02 Å². The minimum Gasteiger partial charge on any atom is -0.494 e. The topological polar surface area (TPSA) is 114 Å². The van der Waals surface area contributed by atoms with Crippen LogP contribution in [-0.2, 0) is 4.74 Å². The van der Waals surface area contributed by atoms with Crippen molar-refractivity contribution in [1.82, 2.24) is 14.9 Å². The summed E-state index contributed by atoms with van der Waals surface area (Å²) in [5.74, 6) is 0.612. The van der Waals surface area contributed by atoms with Crippen molar-refractivity contribution < 1.29 is 18.7 Å². The number of carbonyl (C=O) groups is 1. The molecular formula is C28H26ClN5O4. The number of halogens is 1. The van der Waals surface area contributed by atoms with Gasteiger partial charge in [0.15, 0.2) is 11.3 Å². The van der Waals surface area contributed by atoms with Crippen molar-refractivity contribution in [3.63, 3.8) is 0 Å². The summed E-state index contributed by atoms with van der Waals surface area (Å²) in [6.07, 6.45) is 4.82. The third-order valence-electron chi connectivity index (χ3n) is 6.46. The first kappa shape index (κ1) is 25.5. The molecule has 194 valence electrons. The maximum absolute atomic E-state index is 12.4. The number of fused-ring (bicyclic) bond motifs is 1. The van der Waals surface area contributed by atoms with Gasteiger partial charge in [-0.15, -0.1) is 0 Å². The number of nitriles is 1. The Morgan fingerprint density at radius 2 is 1.97 bits per heavy atom. The summed E-state index contributed by atoms with van der Waals surface area (Å²) in [6.45, 7) is 1.41. The summed E-state index contributed by atoms with van der Waals surface area (Å²) in [7, 11) is 4.85. The van der Waals surface area contributed by atoms with Crippen LogP contribution in [0.4, 0.5) is 5.69 Å². The molecule has 1 aliphatic rings. The van der Waals surface area contributed by atoms with Gasteiger partial charge < -0.3 is 24.1 Å². The van der Waals surface area contributed by atoms with E-state index in [1.54, 1.807) is 38.5 Å². The molecule has 0 spiro atoms. The van der Waals surface area contributed by atoms with E-state index >= 15 is 0 Å². The lowest BCUT2D eigenvalue weighted by molar-refractivity contribution is 0.0826. The number of nitrogens with one attached hydrogen (secondary N) is 1. The van der Waals surface area contributed by atoms with Crippen molar-refractivity contribution in [2.24, 2.45) is 0 Å². The molecule has 0 aliphatic carbocycles. The van der Waals surface area contributed by atoms with Crippen molar-refractivity contribution in [3.8, 4) is 34.4 Å². The van der Waals surface area contributed by atoms with Gasteiger partial charge in [0.25, 0.3) is 5.91 Å². The van der Waals surface area contributed by atoms with Crippen molar-refractivity contribution >= 4 is 34.3 Å². The zero-order valence-corrected chi connectivity index (χ0v) is 22.0. The SMILES string of the molecule is COc1cc(C(=O)N(C)C)cnc1-c1cc2ncc(Cl)c(-c3ccc(NC4CCOCC4)c(C#N)c3)c2o1. The lowest BCUT2D eigenvalue weighted by Crippen LogP contribution is -2.28. The quantitative estimate of drug-likeness (QED) is 0.352. The number of ether oxygens (including phenoxy) is 2. The number of nitrogens with zero attached hydrogens (tertiary/aromatic N) is 4. The number of pyridine rings is 2. The molecule has 1 N–H and O–H groups in total. The largest absolute Gasteiger partial charge is 0.494 e. The van der Waals surface area contributed by atoms with Crippen LogP contribution in [0.15, 0.2) is 47.1 Å². The number of aromatic nitrogens is 2. The van der Waals surface area contributed by atoms with Crippen LogP contribution in [0, 0.1) is 11.3 Å². The highest BCUT2D eigenvalue weighted by molar-refractivity contribution is 6.34. The number of methoxy groups -OCH3 is 1. The molecule has 9 nitrogen and oxygen atoms in total. The molecule has 1 amide bonds. The van der Waals surface area contributed by atoms with Gasteiger partial charge in [0, 0.05) is 57.4 Å². The van der Waals surface area contributed by atoms with Gasteiger partial charge in [-0.25, -0.2) is 4.98 Å². The fourth-order valence-electron chi connectivity index (χ4n) is 4.48. The molecule has 38 heavy (non-hydrogen) atoms. The monoisotopic (exact) mass is 531 g/mol. The van der Waals surface area contributed by atoms with Crippen molar-refractivity contribution in [3.05, 3.63) is 58.9 Å². The minimum atomic E-state index is -0.189. The van der Waals surface area contributed by atoms with Crippen LogP contribution < -0.4 is 10.1 Å². The third kappa shape index (κ3) is 4.88. The van der Waals surface area contributed by atoms with E-state index in [1.165, 1.54) is 18.2 Å². The van der Waals surface area contributed by atoms with Crippen LogP contribution in [0.5, 0.6) is 5.75 Å². The van der Waals surface area contributed by atoms with Crippen LogP contribution >= 0.6 is 11.6 Å². The molecule has 0 bridgehead atoms. The average molecular weight is 532 g/mol. The summed E-state index contributed by atoms with van der Waals surface area (Å²) in [5, 5.41) is 13.7. The van der Waals surface area contributed by atoms with Crippen LogP contribution in [0.3, 0.4) is 0 Å². The number of carbonyl (C=O) groups excluding carboxylic acids is 1. The van der Waals surface area contributed by atoms with E-state index in [4.69, 9.17) is 25.5 Å². The van der Waals surface area contributed by atoms with Crippen molar-refractivity contribution in [1.29, 1.82) is 5.26 Å². The molecule has 1 saturated heterocycles. The average Bonchev–Trinajstić information content (AvgIpc) is 3.37. The van der Waals surface area contributed by atoms with Crippen molar-refractivity contribution in [2.45, 2.75) is 18.9 Å². The van der Waals surface area contributed by atoms with E-state index in [1.807, 2.05) is 12.1 Å². The molecule has 4 aromatic rings. The zero-order chi connectivity index (χ0) is 26.8. The van der Waals surface area contributed by atoms with Gasteiger partial charge in [-0.1, -0.05) is 17.7 Å². The highest BCUT2D eigenvalue weighted by Crippen LogP contribution is 2.40. The van der Waals surface area contributed by atoms with E-state index in [0.717, 1.165) is 24.1 Å². The van der Waals surface area contributed by atoms with E-state index in [9.17, 15) is 10.1 Å². The summed E-state index contributed by atoms with van der Waals surface area (Å²) in [5.41, 5.74) is 4.47. The van der Waals surface area contributed by atoms with Crippen LogP contribution in [0.25, 0.3) is 33.7 Å². The number of hydrogen-bond acceptors (Lipinski definition) is 8. The first-order chi connectivity index (χ1) is 18.4. The lowest BCUT2D eigenvalue weighted by atomic mass is 10.0. The second kappa shape index (κ2) is 10.7. The molecule has 3 aromatic heterocycles. The van der Waals surface area contributed by atoms with Gasteiger partial charge >= 0.3 is 0 Å². The smallest absolute Gasteiger partial charge is 0.255 e. The lowest BCUT2D eigenvalue weighted by Gasteiger charge is -2.24. The zero-order valence-electron chi connectivity index (χ0n) is 21.2. The van der Waals surface area contributed by atoms with Gasteiger partial charge in [-0.05, 0) is 36.6 Å². The predicted molar refractivity (Wildman–Crippen MR) is 144 cm³/mol. The highest BCUT2D eigenvalue weighted by Gasteiger charge is 2.22. The first-order valence-corrected chi connectivity index (χ1v) is 12.5. The normalized spacial score (nSPS) is 13.8. The fourth-order valence-corrected chi connectivity index (χ4v) is 4.73. The number of anilines is 1. The molecule has 0 unspecified atom stereocenters. The minimum absolute atomic E-state index is 0.189. The summed E-state index contributed by atoms with van der Waals surface area (Å²) >= 11 is 6.61. The molecule has 1 aliphatic heterocycles. The predicted octanol–water partition coefficient (Wildman–Crippen LogP) is 5.38. The van der Waals surface area contributed by atoms with E-state index in [-0.39, 0.29) is 11.9 Å². The number of hydrogen-bond donors (Lipinski definition) is 1. The molecule has 4 heterocycles. The third-order valence-corrected chi connectivity index (χ3v) is 6.75. The molecule has 10 heteroatoms. The van der Waals surface area contributed by atoms with E-state index in [0.29, 0.717) is 63.2 Å². The maximum atomic E-state index is 12.4. The second-order valence-corrected chi connectivity index (χ2v) is 9.59. The molecule has 0 radical (unpaired) electrons. The van der Waals surface area contributed by atoms with Gasteiger partial charge in [0.05, 0.1) is 28.9 Å². The summed E-state index contributed by atoms with van der Waals surface area (Å²) in [6, 6.07) is 11.5. The molecule has 0 atom stereocenters. The van der Waals surface area contributed by atoms with E-state index in [2.05, 4.69) is 21.4 Å².